The molecular formula is C20H22FN3O2. The number of nitrogens with zero attached hydrogens (tertiary/aromatic N) is 3. The summed E-state index contributed by atoms with van der Waals surface area (Å²) in [7, 11) is 0. The summed E-state index contributed by atoms with van der Waals surface area (Å²) in [4.78, 5) is 32.5. The van der Waals surface area contributed by atoms with E-state index in [1.165, 1.54) is 12.1 Å². The van der Waals surface area contributed by atoms with E-state index in [0.717, 1.165) is 5.56 Å². The number of carbonyl (C=O) groups is 2. The Morgan fingerprint density at radius 1 is 1.00 bits per heavy atom. The lowest BCUT2D eigenvalue weighted by molar-refractivity contribution is -0.133. The maximum atomic E-state index is 13.0. The predicted octanol–water partition coefficient (Wildman–Crippen LogP) is 2.70. The molecule has 1 aliphatic heterocycles. The topological polar surface area (TPSA) is 53.5 Å². The van der Waals surface area contributed by atoms with E-state index >= 15 is 0 Å². The molecule has 0 bridgehead atoms. The van der Waals surface area contributed by atoms with E-state index in [4.69, 9.17) is 0 Å². The molecule has 1 atom stereocenters. The Morgan fingerprint density at radius 3 is 2.19 bits per heavy atom. The molecule has 1 aromatic heterocycles. The highest BCUT2D eigenvalue weighted by atomic mass is 19.1. The zero-order chi connectivity index (χ0) is 18.5. The van der Waals surface area contributed by atoms with Crippen LogP contribution >= 0.6 is 0 Å². The number of benzene rings is 1. The van der Waals surface area contributed by atoms with E-state index < -0.39 is 0 Å². The monoisotopic (exact) mass is 355 g/mol. The molecule has 3 rings (SSSR count). The maximum Gasteiger partial charge on any atom is 0.254 e. The second-order valence-electron chi connectivity index (χ2n) is 6.57. The van der Waals surface area contributed by atoms with Crippen LogP contribution in [-0.4, -0.2) is 52.8 Å². The molecule has 1 unspecified atom stereocenters. The van der Waals surface area contributed by atoms with E-state index in [1.807, 2.05) is 6.92 Å². The van der Waals surface area contributed by atoms with Crippen molar-refractivity contribution in [2.75, 3.05) is 26.2 Å². The predicted molar refractivity (Wildman–Crippen MR) is 96.2 cm³/mol. The number of carbonyl (C=O) groups excluding carboxylic acids is 2. The summed E-state index contributed by atoms with van der Waals surface area (Å²) >= 11 is 0. The van der Waals surface area contributed by atoms with Crippen molar-refractivity contribution in [3.63, 3.8) is 0 Å². The number of amides is 2. The Balaban J connectivity index is 1.52. The van der Waals surface area contributed by atoms with E-state index in [1.54, 1.807) is 46.5 Å². The number of hydrogen-bond donors (Lipinski definition) is 0. The number of pyridine rings is 1. The highest BCUT2D eigenvalue weighted by Gasteiger charge is 2.25. The second-order valence-corrected chi connectivity index (χ2v) is 6.57. The summed E-state index contributed by atoms with van der Waals surface area (Å²) < 4.78 is 13.0. The number of rotatable bonds is 4. The van der Waals surface area contributed by atoms with Crippen molar-refractivity contribution in [1.82, 2.24) is 14.8 Å². The van der Waals surface area contributed by atoms with Gasteiger partial charge < -0.3 is 9.80 Å². The van der Waals surface area contributed by atoms with Gasteiger partial charge in [-0.1, -0.05) is 19.1 Å². The zero-order valence-electron chi connectivity index (χ0n) is 14.8. The standard InChI is InChI=1S/C20H22FN3O2/c1-15(16-2-4-18(21)5-3-16)14-19(25)23-10-12-24(13-11-23)20(26)17-6-8-22-9-7-17/h2-9,15H,10-14H2,1H3. The molecule has 6 heteroatoms. The smallest absolute Gasteiger partial charge is 0.254 e. The van der Waals surface area contributed by atoms with Gasteiger partial charge >= 0.3 is 0 Å². The summed E-state index contributed by atoms with van der Waals surface area (Å²) in [6, 6.07) is 9.67. The van der Waals surface area contributed by atoms with Crippen LogP contribution in [0.3, 0.4) is 0 Å². The summed E-state index contributed by atoms with van der Waals surface area (Å²) in [6.45, 7) is 4.08. The largest absolute Gasteiger partial charge is 0.339 e. The van der Waals surface area contributed by atoms with Gasteiger partial charge in [-0.3, -0.25) is 14.6 Å². The first kappa shape index (κ1) is 18.0. The van der Waals surface area contributed by atoms with Gasteiger partial charge in [0.1, 0.15) is 5.82 Å². The van der Waals surface area contributed by atoms with Crippen LogP contribution in [0.15, 0.2) is 48.8 Å². The first-order valence-corrected chi connectivity index (χ1v) is 8.77. The molecule has 0 N–H and O–H groups in total. The van der Waals surface area contributed by atoms with Crippen molar-refractivity contribution in [2.24, 2.45) is 0 Å². The van der Waals surface area contributed by atoms with Crippen molar-refractivity contribution in [3.8, 4) is 0 Å². The molecular weight excluding hydrogens is 333 g/mol. The second kappa shape index (κ2) is 8.08. The molecule has 2 aromatic rings. The van der Waals surface area contributed by atoms with Gasteiger partial charge in [-0.25, -0.2) is 4.39 Å². The van der Waals surface area contributed by atoms with Gasteiger partial charge in [-0.15, -0.1) is 0 Å². The molecule has 1 fully saturated rings. The fourth-order valence-electron chi connectivity index (χ4n) is 3.14. The van der Waals surface area contributed by atoms with Gasteiger partial charge in [-0.2, -0.15) is 0 Å². The minimum Gasteiger partial charge on any atom is -0.339 e. The van der Waals surface area contributed by atoms with Crippen LogP contribution in [0.4, 0.5) is 4.39 Å². The van der Waals surface area contributed by atoms with Crippen molar-refractivity contribution in [2.45, 2.75) is 19.3 Å². The average Bonchev–Trinajstić information content (AvgIpc) is 2.68. The fraction of sp³-hybridized carbons (Fsp3) is 0.350. The molecule has 0 radical (unpaired) electrons. The van der Waals surface area contributed by atoms with Gasteiger partial charge in [-0.05, 0) is 35.7 Å². The molecule has 1 aliphatic rings. The molecule has 136 valence electrons. The SMILES string of the molecule is CC(CC(=O)N1CCN(C(=O)c2ccncc2)CC1)c1ccc(F)cc1. The van der Waals surface area contributed by atoms with E-state index in [-0.39, 0.29) is 23.5 Å². The van der Waals surface area contributed by atoms with Crippen LogP contribution in [0, 0.1) is 5.82 Å². The molecule has 1 saturated heterocycles. The van der Waals surface area contributed by atoms with Crippen molar-refractivity contribution >= 4 is 11.8 Å². The van der Waals surface area contributed by atoms with Gasteiger partial charge in [0, 0.05) is 50.6 Å². The molecule has 5 nitrogen and oxygen atoms in total. The van der Waals surface area contributed by atoms with Gasteiger partial charge in [0.2, 0.25) is 5.91 Å². The maximum absolute atomic E-state index is 13.0. The zero-order valence-corrected chi connectivity index (χ0v) is 14.8. The lowest BCUT2D eigenvalue weighted by Gasteiger charge is -2.35. The molecule has 26 heavy (non-hydrogen) atoms. The molecule has 2 amide bonds. The third-order valence-electron chi connectivity index (χ3n) is 4.77. The Bertz CT molecular complexity index is 756. The van der Waals surface area contributed by atoms with Gasteiger partial charge in [0.05, 0.1) is 0 Å². The first-order chi connectivity index (χ1) is 12.5. The summed E-state index contributed by atoms with van der Waals surface area (Å²) in [5, 5.41) is 0. The number of aromatic nitrogens is 1. The lowest BCUT2D eigenvalue weighted by atomic mass is 9.97. The van der Waals surface area contributed by atoms with Crippen molar-refractivity contribution < 1.29 is 14.0 Å². The summed E-state index contributed by atoms with van der Waals surface area (Å²) in [5.41, 5.74) is 1.57. The molecule has 1 aromatic carbocycles. The third kappa shape index (κ3) is 4.25. The van der Waals surface area contributed by atoms with Crippen LogP contribution in [0.1, 0.15) is 35.2 Å². The summed E-state index contributed by atoms with van der Waals surface area (Å²) in [5.74, 6) is -0.209. The summed E-state index contributed by atoms with van der Waals surface area (Å²) in [6.07, 6.45) is 3.58. The van der Waals surface area contributed by atoms with Crippen LogP contribution in [-0.2, 0) is 4.79 Å². The first-order valence-electron chi connectivity index (χ1n) is 8.77. The number of halogens is 1. The molecule has 0 aliphatic carbocycles. The lowest BCUT2D eigenvalue weighted by Crippen LogP contribution is -2.50. The fourth-order valence-corrected chi connectivity index (χ4v) is 3.14. The van der Waals surface area contributed by atoms with Crippen LogP contribution < -0.4 is 0 Å². The van der Waals surface area contributed by atoms with Crippen molar-refractivity contribution in [3.05, 3.63) is 65.7 Å². The Hall–Kier alpha value is -2.76. The van der Waals surface area contributed by atoms with Crippen LogP contribution in [0.2, 0.25) is 0 Å². The number of hydrogen-bond acceptors (Lipinski definition) is 3. The highest BCUT2D eigenvalue weighted by Crippen LogP contribution is 2.21. The van der Waals surface area contributed by atoms with Crippen LogP contribution in [0.5, 0.6) is 0 Å². The molecule has 0 saturated carbocycles. The van der Waals surface area contributed by atoms with E-state index in [0.29, 0.717) is 38.2 Å². The van der Waals surface area contributed by atoms with E-state index in [2.05, 4.69) is 4.98 Å². The Morgan fingerprint density at radius 2 is 1.58 bits per heavy atom. The highest BCUT2D eigenvalue weighted by molar-refractivity contribution is 5.94. The van der Waals surface area contributed by atoms with Crippen molar-refractivity contribution in [1.29, 1.82) is 0 Å². The average molecular weight is 355 g/mol. The number of piperazine rings is 1. The molecule has 0 spiro atoms. The normalized spacial score (nSPS) is 15.6. The third-order valence-corrected chi connectivity index (χ3v) is 4.77. The van der Waals surface area contributed by atoms with E-state index in [9.17, 15) is 14.0 Å². The quantitative estimate of drug-likeness (QED) is 0.847. The molecule has 2 heterocycles. The minimum absolute atomic E-state index is 0.0274. The Labute approximate surface area is 152 Å². The Kier molecular flexibility index (Phi) is 5.61. The van der Waals surface area contributed by atoms with Gasteiger partial charge in [0.25, 0.3) is 5.91 Å². The van der Waals surface area contributed by atoms with Crippen LogP contribution in [0.25, 0.3) is 0 Å². The minimum atomic E-state index is -0.276. The van der Waals surface area contributed by atoms with Gasteiger partial charge in [0.15, 0.2) is 0 Å².